The maximum absolute atomic E-state index is 13.3. The second-order valence-corrected chi connectivity index (χ2v) is 11.4. The van der Waals surface area contributed by atoms with E-state index >= 15 is 0 Å². The molecule has 0 saturated heterocycles. The SMILES string of the molecule is COc1ccc(S(=O)(=O)CCCC(=O)N(Cc2ccccn2)c2nc3c(C)cc(C)cc3s2)cc1. The van der Waals surface area contributed by atoms with Crippen molar-refractivity contribution < 1.29 is 17.9 Å². The van der Waals surface area contributed by atoms with Gasteiger partial charge in [0.25, 0.3) is 0 Å². The smallest absolute Gasteiger partial charge is 0.229 e. The number of hydrogen-bond acceptors (Lipinski definition) is 7. The second kappa shape index (κ2) is 10.5. The Morgan fingerprint density at radius 2 is 1.86 bits per heavy atom. The van der Waals surface area contributed by atoms with Gasteiger partial charge in [0.15, 0.2) is 15.0 Å². The van der Waals surface area contributed by atoms with Crippen LogP contribution in [0, 0.1) is 13.8 Å². The first-order chi connectivity index (χ1) is 16.8. The molecule has 4 rings (SSSR count). The standard InChI is InChI=1S/C26H27N3O4S2/c1-18-15-19(2)25-23(16-18)34-26(28-25)29(17-20-7-4-5-13-27-20)24(30)8-6-14-35(31,32)22-11-9-21(33-3)10-12-22/h4-5,7,9-13,15-16H,6,8,14,17H2,1-3H3. The van der Waals surface area contributed by atoms with Crippen LogP contribution in [-0.4, -0.2) is 37.2 Å². The fraction of sp³-hybridized carbons (Fsp3) is 0.269. The Morgan fingerprint density at radius 1 is 1.09 bits per heavy atom. The molecular weight excluding hydrogens is 482 g/mol. The zero-order valence-corrected chi connectivity index (χ0v) is 21.5. The number of ether oxygens (including phenoxy) is 1. The number of benzene rings is 2. The molecule has 0 aliphatic heterocycles. The molecule has 7 nitrogen and oxygen atoms in total. The number of pyridine rings is 1. The molecule has 0 saturated carbocycles. The first-order valence-electron chi connectivity index (χ1n) is 11.2. The zero-order chi connectivity index (χ0) is 25.0. The fourth-order valence-corrected chi connectivity index (χ4v) is 6.31. The van der Waals surface area contributed by atoms with E-state index in [1.54, 1.807) is 23.2 Å². The summed E-state index contributed by atoms with van der Waals surface area (Å²) >= 11 is 1.46. The second-order valence-electron chi connectivity index (χ2n) is 8.32. The first-order valence-corrected chi connectivity index (χ1v) is 13.7. The number of aryl methyl sites for hydroxylation is 2. The van der Waals surface area contributed by atoms with Gasteiger partial charge in [-0.1, -0.05) is 23.5 Å². The predicted octanol–water partition coefficient (Wildman–Crippen LogP) is 5.10. The van der Waals surface area contributed by atoms with Gasteiger partial charge in [0.05, 0.1) is 40.2 Å². The number of nitrogens with zero attached hydrogens (tertiary/aromatic N) is 3. The quantitative estimate of drug-likeness (QED) is 0.312. The average Bonchev–Trinajstić information content (AvgIpc) is 3.27. The number of carbonyl (C=O) groups is 1. The van der Waals surface area contributed by atoms with Crippen molar-refractivity contribution in [2.45, 2.75) is 38.1 Å². The molecule has 0 atom stereocenters. The first kappa shape index (κ1) is 24.8. The normalized spacial score (nSPS) is 11.5. The molecular formula is C26H27N3O4S2. The van der Waals surface area contributed by atoms with Gasteiger partial charge in [0.2, 0.25) is 5.91 Å². The van der Waals surface area contributed by atoms with Crippen LogP contribution in [0.15, 0.2) is 65.7 Å². The van der Waals surface area contributed by atoms with Crippen molar-refractivity contribution in [2.24, 2.45) is 0 Å². The van der Waals surface area contributed by atoms with Gasteiger partial charge in [0.1, 0.15) is 5.75 Å². The summed E-state index contributed by atoms with van der Waals surface area (Å²) in [5, 5.41) is 0.586. The summed E-state index contributed by atoms with van der Waals surface area (Å²) in [4.78, 5) is 24.3. The minimum absolute atomic E-state index is 0.0795. The molecule has 0 aliphatic carbocycles. The molecule has 0 bridgehead atoms. The number of aromatic nitrogens is 2. The Morgan fingerprint density at radius 3 is 2.54 bits per heavy atom. The summed E-state index contributed by atoms with van der Waals surface area (Å²) in [5.41, 5.74) is 3.80. The summed E-state index contributed by atoms with van der Waals surface area (Å²) in [6.07, 6.45) is 1.97. The molecule has 35 heavy (non-hydrogen) atoms. The average molecular weight is 510 g/mol. The molecule has 182 valence electrons. The minimum atomic E-state index is -3.51. The molecule has 0 N–H and O–H groups in total. The maximum atomic E-state index is 13.3. The molecule has 9 heteroatoms. The molecule has 0 unspecified atom stereocenters. The van der Waals surface area contributed by atoms with Crippen molar-refractivity contribution in [1.82, 2.24) is 9.97 Å². The van der Waals surface area contributed by atoms with Gasteiger partial charge in [-0.15, -0.1) is 0 Å². The number of sulfone groups is 1. The topological polar surface area (TPSA) is 89.5 Å². The van der Waals surface area contributed by atoms with Gasteiger partial charge in [-0.2, -0.15) is 0 Å². The largest absolute Gasteiger partial charge is 0.497 e. The molecule has 0 radical (unpaired) electrons. The maximum Gasteiger partial charge on any atom is 0.229 e. The van der Waals surface area contributed by atoms with Crippen molar-refractivity contribution in [1.29, 1.82) is 0 Å². The summed E-state index contributed by atoms with van der Waals surface area (Å²) < 4.78 is 31.6. The third-order valence-electron chi connectivity index (χ3n) is 5.62. The molecule has 0 fully saturated rings. The summed E-state index contributed by atoms with van der Waals surface area (Å²) in [5.74, 6) is 0.278. The van der Waals surface area contributed by atoms with E-state index in [4.69, 9.17) is 9.72 Å². The summed E-state index contributed by atoms with van der Waals surface area (Å²) in [6.45, 7) is 4.31. The molecule has 2 aromatic heterocycles. The van der Waals surface area contributed by atoms with E-state index in [9.17, 15) is 13.2 Å². The fourth-order valence-electron chi connectivity index (χ4n) is 3.84. The third-order valence-corrected chi connectivity index (χ3v) is 8.46. The van der Waals surface area contributed by atoms with Crippen molar-refractivity contribution in [3.05, 3.63) is 77.6 Å². The summed E-state index contributed by atoms with van der Waals surface area (Å²) in [6, 6.07) is 16.0. The number of carbonyl (C=O) groups excluding carboxylic acids is 1. The third kappa shape index (κ3) is 5.86. The molecule has 2 aromatic carbocycles. The van der Waals surface area contributed by atoms with E-state index in [1.165, 1.54) is 30.6 Å². The monoisotopic (exact) mass is 509 g/mol. The van der Waals surface area contributed by atoms with E-state index in [2.05, 4.69) is 17.1 Å². The Balaban J connectivity index is 1.53. The molecule has 4 aromatic rings. The van der Waals surface area contributed by atoms with Crippen molar-refractivity contribution >= 4 is 42.4 Å². The van der Waals surface area contributed by atoms with Crippen LogP contribution in [0.2, 0.25) is 0 Å². The lowest BCUT2D eigenvalue weighted by molar-refractivity contribution is -0.118. The number of hydrogen-bond donors (Lipinski definition) is 0. The van der Waals surface area contributed by atoms with Crippen molar-refractivity contribution in [3.63, 3.8) is 0 Å². The van der Waals surface area contributed by atoms with E-state index in [0.717, 1.165) is 27.0 Å². The highest BCUT2D eigenvalue weighted by Gasteiger charge is 2.23. The van der Waals surface area contributed by atoms with Crippen LogP contribution in [0.4, 0.5) is 5.13 Å². The van der Waals surface area contributed by atoms with Crippen LogP contribution < -0.4 is 9.64 Å². The zero-order valence-electron chi connectivity index (χ0n) is 19.9. The van der Waals surface area contributed by atoms with E-state index in [1.807, 2.05) is 32.0 Å². The lowest BCUT2D eigenvalue weighted by atomic mass is 10.1. The van der Waals surface area contributed by atoms with Crippen LogP contribution in [0.1, 0.15) is 29.7 Å². The number of fused-ring (bicyclic) bond motifs is 1. The molecule has 0 spiro atoms. The Labute approximate surface area is 209 Å². The van der Waals surface area contributed by atoms with Crippen LogP contribution in [0.25, 0.3) is 10.2 Å². The van der Waals surface area contributed by atoms with Gasteiger partial charge in [-0.05, 0) is 73.9 Å². The lowest BCUT2D eigenvalue weighted by Gasteiger charge is -2.19. The van der Waals surface area contributed by atoms with Gasteiger partial charge in [-0.25, -0.2) is 13.4 Å². The highest BCUT2D eigenvalue weighted by Crippen LogP contribution is 2.33. The van der Waals surface area contributed by atoms with Crippen LogP contribution in [0.3, 0.4) is 0 Å². The van der Waals surface area contributed by atoms with E-state index in [0.29, 0.717) is 10.9 Å². The molecule has 0 aliphatic rings. The molecule has 2 heterocycles. The molecule has 1 amide bonds. The minimum Gasteiger partial charge on any atom is -0.497 e. The highest BCUT2D eigenvalue weighted by molar-refractivity contribution is 7.91. The van der Waals surface area contributed by atoms with Crippen molar-refractivity contribution in [3.8, 4) is 5.75 Å². The number of methoxy groups -OCH3 is 1. The van der Waals surface area contributed by atoms with E-state index < -0.39 is 9.84 Å². The summed E-state index contributed by atoms with van der Waals surface area (Å²) in [7, 11) is -1.99. The predicted molar refractivity (Wildman–Crippen MR) is 139 cm³/mol. The highest BCUT2D eigenvalue weighted by atomic mass is 32.2. The van der Waals surface area contributed by atoms with Crippen LogP contribution in [0.5, 0.6) is 5.75 Å². The number of rotatable bonds is 9. The van der Waals surface area contributed by atoms with Crippen molar-refractivity contribution in [2.75, 3.05) is 17.8 Å². The number of thiazole rings is 1. The Bertz CT molecular complexity index is 1430. The van der Waals surface area contributed by atoms with Crippen LogP contribution >= 0.6 is 11.3 Å². The van der Waals surface area contributed by atoms with Gasteiger partial charge in [0, 0.05) is 12.6 Å². The number of anilines is 1. The van der Waals surface area contributed by atoms with Gasteiger partial charge >= 0.3 is 0 Å². The van der Waals surface area contributed by atoms with E-state index in [-0.39, 0.29) is 35.9 Å². The van der Waals surface area contributed by atoms with Gasteiger partial charge < -0.3 is 4.74 Å². The Hall–Kier alpha value is -3.30. The lowest BCUT2D eigenvalue weighted by Crippen LogP contribution is -2.30. The van der Waals surface area contributed by atoms with Gasteiger partial charge in [-0.3, -0.25) is 14.7 Å². The number of amides is 1. The Kier molecular flexibility index (Phi) is 7.47. The van der Waals surface area contributed by atoms with Crippen LogP contribution in [-0.2, 0) is 21.2 Å².